The predicted octanol–water partition coefficient (Wildman–Crippen LogP) is 0.607. The third-order valence-electron chi connectivity index (χ3n) is 2.48. The summed E-state index contributed by atoms with van der Waals surface area (Å²) in [7, 11) is 1.27. The molecule has 2 N–H and O–H groups in total. The molecular formula is C13H24N2O4. The van der Waals surface area contributed by atoms with Crippen LogP contribution in [0.2, 0.25) is 0 Å². The van der Waals surface area contributed by atoms with Gasteiger partial charge in [0.1, 0.15) is 6.04 Å². The molecule has 0 fully saturated rings. The summed E-state index contributed by atoms with van der Waals surface area (Å²) in [5, 5.41) is 5.28. The highest BCUT2D eigenvalue weighted by molar-refractivity contribution is 5.84. The van der Waals surface area contributed by atoms with Crippen LogP contribution in [0.4, 0.5) is 0 Å². The molecule has 0 rings (SSSR count). The molecule has 2 amide bonds. The van der Waals surface area contributed by atoms with E-state index in [2.05, 4.69) is 15.4 Å². The molecular weight excluding hydrogens is 248 g/mol. The average molecular weight is 272 g/mol. The molecule has 0 aliphatic heterocycles. The fourth-order valence-corrected chi connectivity index (χ4v) is 1.27. The van der Waals surface area contributed by atoms with Crippen LogP contribution in [0.15, 0.2) is 0 Å². The Labute approximate surface area is 114 Å². The first-order valence-electron chi connectivity index (χ1n) is 6.34. The van der Waals surface area contributed by atoms with Crippen LogP contribution >= 0.6 is 0 Å². The lowest BCUT2D eigenvalue weighted by Crippen LogP contribution is -2.39. The molecule has 0 heterocycles. The summed E-state index contributed by atoms with van der Waals surface area (Å²) in [5.41, 5.74) is -0.429. The topological polar surface area (TPSA) is 84.5 Å². The number of rotatable bonds is 6. The van der Waals surface area contributed by atoms with Crippen molar-refractivity contribution in [3.8, 4) is 0 Å². The standard InChI is InChI=1S/C13H24N2O4/c1-9(11(17)19-5)15-10(16)7-6-8-14-12(18)13(2,3)4/h9H,6-8H2,1-5H3,(H,14,18)(H,15,16)/t9-/m0/s1. The number of esters is 1. The Balaban J connectivity index is 3.82. The maximum atomic E-state index is 11.5. The van der Waals surface area contributed by atoms with Crippen LogP contribution < -0.4 is 10.6 Å². The minimum atomic E-state index is -0.651. The van der Waals surface area contributed by atoms with E-state index >= 15 is 0 Å². The Kier molecular flexibility index (Phi) is 7.11. The van der Waals surface area contributed by atoms with E-state index in [0.29, 0.717) is 13.0 Å². The number of methoxy groups -OCH3 is 1. The Morgan fingerprint density at radius 1 is 1.21 bits per heavy atom. The van der Waals surface area contributed by atoms with Gasteiger partial charge < -0.3 is 15.4 Å². The quantitative estimate of drug-likeness (QED) is 0.548. The van der Waals surface area contributed by atoms with E-state index in [1.165, 1.54) is 7.11 Å². The number of carbonyl (C=O) groups is 3. The minimum absolute atomic E-state index is 0.0455. The molecule has 0 bridgehead atoms. The summed E-state index contributed by atoms with van der Waals surface area (Å²) in [6.07, 6.45) is 0.785. The first-order valence-corrected chi connectivity index (χ1v) is 6.34. The van der Waals surface area contributed by atoms with Gasteiger partial charge in [0.2, 0.25) is 11.8 Å². The second-order valence-corrected chi connectivity index (χ2v) is 5.42. The van der Waals surface area contributed by atoms with Crippen molar-refractivity contribution in [3.63, 3.8) is 0 Å². The highest BCUT2D eigenvalue weighted by atomic mass is 16.5. The molecule has 0 radical (unpaired) electrons. The Hall–Kier alpha value is -1.59. The van der Waals surface area contributed by atoms with Crippen molar-refractivity contribution in [2.24, 2.45) is 5.41 Å². The van der Waals surface area contributed by atoms with Gasteiger partial charge >= 0.3 is 5.97 Å². The first kappa shape index (κ1) is 17.4. The van der Waals surface area contributed by atoms with Gasteiger partial charge in [-0.25, -0.2) is 4.79 Å². The normalized spacial score (nSPS) is 12.5. The maximum absolute atomic E-state index is 11.5. The zero-order valence-corrected chi connectivity index (χ0v) is 12.3. The molecule has 0 aromatic heterocycles. The van der Waals surface area contributed by atoms with Crippen LogP contribution in [0.3, 0.4) is 0 Å². The van der Waals surface area contributed by atoms with Crippen molar-refractivity contribution in [2.75, 3.05) is 13.7 Å². The largest absolute Gasteiger partial charge is 0.467 e. The molecule has 110 valence electrons. The highest BCUT2D eigenvalue weighted by Gasteiger charge is 2.20. The molecule has 1 atom stereocenters. The lowest BCUT2D eigenvalue weighted by Gasteiger charge is -2.17. The number of ether oxygens (including phenoxy) is 1. The zero-order valence-electron chi connectivity index (χ0n) is 12.3. The average Bonchev–Trinajstić information content (AvgIpc) is 2.31. The third-order valence-corrected chi connectivity index (χ3v) is 2.48. The van der Waals surface area contributed by atoms with Crippen molar-refractivity contribution < 1.29 is 19.1 Å². The fourth-order valence-electron chi connectivity index (χ4n) is 1.27. The summed E-state index contributed by atoms with van der Waals surface area (Å²) in [6.45, 7) is 7.48. The molecule has 6 nitrogen and oxygen atoms in total. The highest BCUT2D eigenvalue weighted by Crippen LogP contribution is 2.12. The van der Waals surface area contributed by atoms with Crippen molar-refractivity contribution in [1.82, 2.24) is 10.6 Å². The summed E-state index contributed by atoms with van der Waals surface area (Å²) >= 11 is 0. The predicted molar refractivity (Wildman–Crippen MR) is 71.3 cm³/mol. The second-order valence-electron chi connectivity index (χ2n) is 5.42. The zero-order chi connectivity index (χ0) is 15.1. The van der Waals surface area contributed by atoms with E-state index in [0.717, 1.165) is 0 Å². The van der Waals surface area contributed by atoms with Crippen molar-refractivity contribution in [3.05, 3.63) is 0 Å². The van der Waals surface area contributed by atoms with Crippen LogP contribution in [0.1, 0.15) is 40.5 Å². The van der Waals surface area contributed by atoms with E-state index < -0.39 is 17.4 Å². The Morgan fingerprint density at radius 2 is 1.79 bits per heavy atom. The lowest BCUT2D eigenvalue weighted by molar-refractivity contribution is -0.144. The summed E-state index contributed by atoms with van der Waals surface area (Å²) in [4.78, 5) is 34.1. The van der Waals surface area contributed by atoms with Crippen LogP contribution in [-0.2, 0) is 19.1 Å². The van der Waals surface area contributed by atoms with Gasteiger partial charge in [0.05, 0.1) is 7.11 Å². The van der Waals surface area contributed by atoms with Gasteiger partial charge in [-0.2, -0.15) is 0 Å². The fraction of sp³-hybridized carbons (Fsp3) is 0.769. The van der Waals surface area contributed by atoms with E-state index in [1.54, 1.807) is 6.92 Å². The van der Waals surface area contributed by atoms with Gasteiger partial charge in [-0.1, -0.05) is 20.8 Å². The molecule has 0 saturated carbocycles. The van der Waals surface area contributed by atoms with Crippen molar-refractivity contribution in [2.45, 2.75) is 46.6 Å². The molecule has 0 unspecified atom stereocenters. The molecule has 6 heteroatoms. The number of hydrogen-bond donors (Lipinski definition) is 2. The van der Waals surface area contributed by atoms with Crippen molar-refractivity contribution >= 4 is 17.8 Å². The van der Waals surface area contributed by atoms with Gasteiger partial charge in [0.25, 0.3) is 0 Å². The van der Waals surface area contributed by atoms with Gasteiger partial charge in [0.15, 0.2) is 0 Å². The van der Waals surface area contributed by atoms with Crippen LogP contribution in [0, 0.1) is 5.41 Å². The third kappa shape index (κ3) is 7.43. The Bertz CT molecular complexity index is 334. The molecule has 0 aromatic rings. The SMILES string of the molecule is COC(=O)[C@H](C)NC(=O)CCCNC(=O)C(C)(C)C. The van der Waals surface area contributed by atoms with Gasteiger partial charge in [0, 0.05) is 18.4 Å². The number of nitrogens with one attached hydrogen (secondary N) is 2. The monoisotopic (exact) mass is 272 g/mol. The van der Waals surface area contributed by atoms with Crippen molar-refractivity contribution in [1.29, 1.82) is 0 Å². The van der Waals surface area contributed by atoms with E-state index in [4.69, 9.17) is 0 Å². The number of hydrogen-bond acceptors (Lipinski definition) is 4. The number of amides is 2. The first-order chi connectivity index (χ1) is 8.68. The molecule has 19 heavy (non-hydrogen) atoms. The lowest BCUT2D eigenvalue weighted by atomic mass is 9.96. The van der Waals surface area contributed by atoms with Crippen LogP contribution in [0.5, 0.6) is 0 Å². The molecule has 0 saturated heterocycles. The smallest absolute Gasteiger partial charge is 0.328 e. The van der Waals surface area contributed by atoms with E-state index in [1.807, 2.05) is 20.8 Å². The maximum Gasteiger partial charge on any atom is 0.328 e. The molecule has 0 spiro atoms. The van der Waals surface area contributed by atoms with E-state index in [-0.39, 0.29) is 18.2 Å². The van der Waals surface area contributed by atoms with Gasteiger partial charge in [-0.05, 0) is 13.3 Å². The molecule has 0 aliphatic rings. The van der Waals surface area contributed by atoms with Crippen LogP contribution in [-0.4, -0.2) is 37.5 Å². The number of carbonyl (C=O) groups excluding carboxylic acids is 3. The van der Waals surface area contributed by atoms with Gasteiger partial charge in [-0.3, -0.25) is 9.59 Å². The van der Waals surface area contributed by atoms with E-state index in [9.17, 15) is 14.4 Å². The molecule has 0 aliphatic carbocycles. The second kappa shape index (κ2) is 7.76. The van der Waals surface area contributed by atoms with Crippen LogP contribution in [0.25, 0.3) is 0 Å². The summed E-state index contributed by atoms with van der Waals surface area (Å²) < 4.78 is 4.50. The molecule has 0 aromatic carbocycles. The Morgan fingerprint density at radius 3 is 2.26 bits per heavy atom. The summed E-state index contributed by atoms with van der Waals surface area (Å²) in [5.74, 6) is -0.756. The van der Waals surface area contributed by atoms with Gasteiger partial charge in [-0.15, -0.1) is 0 Å². The summed E-state index contributed by atoms with van der Waals surface area (Å²) in [6, 6.07) is -0.651. The minimum Gasteiger partial charge on any atom is -0.467 e.